The van der Waals surface area contributed by atoms with Gasteiger partial charge < -0.3 is 9.47 Å². The van der Waals surface area contributed by atoms with Crippen LogP contribution in [-0.4, -0.2) is 24.3 Å². The zero-order valence-corrected chi connectivity index (χ0v) is 23.9. The van der Waals surface area contributed by atoms with Gasteiger partial charge in [0.2, 0.25) is 0 Å². The highest BCUT2D eigenvalue weighted by molar-refractivity contribution is 5.66. The second-order valence-electron chi connectivity index (χ2n) is 16.2. The molecule has 4 saturated carbocycles. The molecular weight excluding hydrogens is 432 g/mol. The Kier molecular flexibility index (Phi) is 4.88. The van der Waals surface area contributed by atoms with Gasteiger partial charge >= 0.3 is 5.97 Å². The van der Waals surface area contributed by atoms with Gasteiger partial charge in [-0.25, -0.2) is 0 Å². The van der Waals surface area contributed by atoms with Crippen LogP contribution in [0.4, 0.5) is 0 Å². The summed E-state index contributed by atoms with van der Waals surface area (Å²) in [6.45, 7) is 21.7. The van der Waals surface area contributed by atoms with Crippen molar-refractivity contribution in [2.45, 2.75) is 132 Å². The van der Waals surface area contributed by atoms with Gasteiger partial charge in [0.25, 0.3) is 0 Å². The van der Waals surface area contributed by atoms with E-state index in [1.165, 1.54) is 38.5 Å². The molecule has 1 aliphatic heterocycles. The summed E-state index contributed by atoms with van der Waals surface area (Å²) in [6, 6.07) is 0. The minimum absolute atomic E-state index is 0.00194. The van der Waals surface area contributed by atoms with E-state index in [1.807, 2.05) is 0 Å². The maximum Gasteiger partial charge on any atom is 0.302 e. The number of carbonyl (C=O) groups excluding carboxylic acids is 1. The highest BCUT2D eigenvalue weighted by Gasteiger charge is 2.77. The number of carbonyl (C=O) groups is 1. The summed E-state index contributed by atoms with van der Waals surface area (Å²) in [7, 11) is 0. The van der Waals surface area contributed by atoms with Crippen molar-refractivity contribution in [3.63, 3.8) is 0 Å². The topological polar surface area (TPSA) is 38.8 Å². The number of allylic oxidation sites excluding steroid dienone is 1. The number of epoxide rings is 1. The molecule has 3 nitrogen and oxygen atoms in total. The maximum atomic E-state index is 11.9. The number of hydrogen-bond acceptors (Lipinski definition) is 3. The molecule has 5 fully saturated rings. The Morgan fingerprint density at radius 1 is 0.943 bits per heavy atom. The number of rotatable bonds is 1. The molecular formula is C32H50O3. The third-order valence-corrected chi connectivity index (χ3v) is 13.2. The molecule has 0 aromatic rings. The molecule has 6 aliphatic rings. The van der Waals surface area contributed by atoms with Gasteiger partial charge in [-0.3, -0.25) is 4.79 Å². The SMILES string of the molecule is CC(=O)OC1CC[C@]2(C)[C@H]3C4OC4[C@]4(C)C(=CC[C@@]5(C)CCC(C)(C)C[C@H]54)[C@]3(C)CC[C@H]2C1(C)C. The van der Waals surface area contributed by atoms with E-state index in [0.717, 1.165) is 12.8 Å². The molecule has 10 atom stereocenters. The molecule has 0 spiro atoms. The van der Waals surface area contributed by atoms with E-state index < -0.39 is 0 Å². The zero-order valence-electron chi connectivity index (χ0n) is 23.9. The Balaban J connectivity index is 1.41. The van der Waals surface area contributed by atoms with Crippen LogP contribution in [0, 0.1) is 50.2 Å². The van der Waals surface area contributed by atoms with Crippen molar-refractivity contribution in [3.05, 3.63) is 11.6 Å². The fourth-order valence-corrected chi connectivity index (χ4v) is 11.6. The van der Waals surface area contributed by atoms with Gasteiger partial charge in [-0.05, 0) is 84.9 Å². The molecule has 0 bridgehead atoms. The van der Waals surface area contributed by atoms with Crippen molar-refractivity contribution in [3.8, 4) is 0 Å². The van der Waals surface area contributed by atoms with E-state index in [1.54, 1.807) is 12.5 Å². The van der Waals surface area contributed by atoms with Gasteiger partial charge in [0.15, 0.2) is 0 Å². The first-order chi connectivity index (χ1) is 16.1. The molecule has 6 rings (SSSR count). The highest BCUT2D eigenvalue weighted by Crippen LogP contribution is 2.78. The Labute approximate surface area is 214 Å². The molecule has 0 N–H and O–H groups in total. The summed E-state index contributed by atoms with van der Waals surface area (Å²) in [5.41, 5.74) is 3.23. The fraction of sp³-hybridized carbons (Fsp3) is 0.906. The summed E-state index contributed by atoms with van der Waals surface area (Å²) >= 11 is 0. The maximum absolute atomic E-state index is 11.9. The van der Waals surface area contributed by atoms with Crippen molar-refractivity contribution < 1.29 is 14.3 Å². The largest absolute Gasteiger partial charge is 0.462 e. The standard InChI is InChI=1S/C32H50O3/c1-19(33)34-23-12-15-30(7)20(28(23,4)5)11-14-31(8)21-10-13-29(6)17-16-27(2,3)18-22(29)32(21,9)26-24(35-26)25(30)31/h10,20,22-26H,11-18H2,1-9H3/t20-,22+,23?,24?,25+,26?,29-,30-,31-,32+/m0/s1. The minimum Gasteiger partial charge on any atom is -0.462 e. The summed E-state index contributed by atoms with van der Waals surface area (Å²) in [4.78, 5) is 11.9. The lowest BCUT2D eigenvalue weighted by atomic mass is 9.34. The third kappa shape index (κ3) is 3.03. The van der Waals surface area contributed by atoms with Crippen LogP contribution < -0.4 is 0 Å². The second-order valence-corrected chi connectivity index (χ2v) is 16.2. The third-order valence-electron chi connectivity index (χ3n) is 13.2. The summed E-state index contributed by atoms with van der Waals surface area (Å²) in [6.07, 6.45) is 13.4. The summed E-state index contributed by atoms with van der Waals surface area (Å²) < 4.78 is 12.8. The quantitative estimate of drug-likeness (QED) is 0.218. The molecule has 0 aromatic carbocycles. The molecule has 0 radical (unpaired) electrons. The lowest BCUT2D eigenvalue weighted by molar-refractivity contribution is -0.195. The number of fused-ring (bicyclic) bond motifs is 10. The van der Waals surface area contributed by atoms with Crippen LogP contribution in [0.5, 0.6) is 0 Å². The van der Waals surface area contributed by atoms with E-state index >= 15 is 0 Å². The van der Waals surface area contributed by atoms with Crippen LogP contribution >= 0.6 is 0 Å². The van der Waals surface area contributed by atoms with Crippen molar-refractivity contribution >= 4 is 5.97 Å². The first-order valence-corrected chi connectivity index (χ1v) is 14.6. The lowest BCUT2D eigenvalue weighted by Gasteiger charge is -2.69. The molecule has 3 heteroatoms. The Bertz CT molecular complexity index is 977. The average Bonchev–Trinajstić information content (AvgIpc) is 3.52. The number of esters is 1. The van der Waals surface area contributed by atoms with Gasteiger partial charge in [0.05, 0.1) is 12.2 Å². The van der Waals surface area contributed by atoms with Crippen LogP contribution in [-0.2, 0) is 14.3 Å². The Morgan fingerprint density at radius 2 is 1.66 bits per heavy atom. The second kappa shape index (κ2) is 6.97. The van der Waals surface area contributed by atoms with Crippen LogP contribution in [0.3, 0.4) is 0 Å². The van der Waals surface area contributed by atoms with Crippen LogP contribution in [0.25, 0.3) is 0 Å². The van der Waals surface area contributed by atoms with Crippen molar-refractivity contribution in [1.29, 1.82) is 0 Å². The van der Waals surface area contributed by atoms with Crippen LogP contribution in [0.15, 0.2) is 11.6 Å². The molecule has 35 heavy (non-hydrogen) atoms. The monoisotopic (exact) mass is 482 g/mol. The van der Waals surface area contributed by atoms with E-state index in [2.05, 4.69) is 61.5 Å². The summed E-state index contributed by atoms with van der Waals surface area (Å²) in [5, 5.41) is 0. The average molecular weight is 483 g/mol. The number of ether oxygens (including phenoxy) is 2. The molecule has 0 amide bonds. The Morgan fingerprint density at radius 3 is 2.34 bits per heavy atom. The van der Waals surface area contributed by atoms with Gasteiger partial charge in [-0.1, -0.05) is 67.0 Å². The zero-order chi connectivity index (χ0) is 25.4. The smallest absolute Gasteiger partial charge is 0.302 e. The first kappa shape index (κ1) is 24.5. The van der Waals surface area contributed by atoms with Crippen LogP contribution in [0.1, 0.15) is 114 Å². The van der Waals surface area contributed by atoms with Crippen molar-refractivity contribution in [2.24, 2.45) is 50.2 Å². The predicted octanol–water partition coefficient (Wildman–Crippen LogP) is 7.73. The molecule has 5 aliphatic carbocycles. The summed E-state index contributed by atoms with van der Waals surface area (Å²) in [5.74, 6) is 1.71. The molecule has 0 aromatic heterocycles. The molecule has 3 unspecified atom stereocenters. The van der Waals surface area contributed by atoms with E-state index in [4.69, 9.17) is 9.47 Å². The molecule has 196 valence electrons. The minimum atomic E-state index is -0.128. The predicted molar refractivity (Wildman–Crippen MR) is 140 cm³/mol. The van der Waals surface area contributed by atoms with E-state index in [0.29, 0.717) is 40.8 Å². The van der Waals surface area contributed by atoms with Gasteiger partial charge in [0.1, 0.15) is 6.10 Å². The van der Waals surface area contributed by atoms with Crippen LogP contribution in [0.2, 0.25) is 0 Å². The van der Waals surface area contributed by atoms with Crippen molar-refractivity contribution in [1.82, 2.24) is 0 Å². The lowest BCUT2D eigenvalue weighted by Crippen LogP contribution is -2.65. The first-order valence-electron chi connectivity index (χ1n) is 14.6. The molecule has 1 heterocycles. The van der Waals surface area contributed by atoms with Gasteiger partial charge in [0, 0.05) is 23.7 Å². The number of hydrogen-bond donors (Lipinski definition) is 0. The van der Waals surface area contributed by atoms with E-state index in [9.17, 15) is 4.79 Å². The normalized spacial score (nSPS) is 55.2. The van der Waals surface area contributed by atoms with Gasteiger partial charge in [-0.2, -0.15) is 0 Å². The van der Waals surface area contributed by atoms with Crippen molar-refractivity contribution in [2.75, 3.05) is 0 Å². The van der Waals surface area contributed by atoms with Gasteiger partial charge in [-0.15, -0.1) is 0 Å². The molecule has 1 saturated heterocycles. The van der Waals surface area contributed by atoms with E-state index in [-0.39, 0.29) is 33.7 Å². The Hall–Kier alpha value is -0.830. The fourth-order valence-electron chi connectivity index (χ4n) is 11.6. The highest BCUT2D eigenvalue weighted by atomic mass is 16.6.